The number of pyridine rings is 1. The number of hydrogen-bond acceptors (Lipinski definition) is 5. The molecule has 0 radical (unpaired) electrons. The van der Waals surface area contributed by atoms with E-state index in [0.717, 1.165) is 30.0 Å². The Morgan fingerprint density at radius 1 is 1.32 bits per heavy atom. The highest BCUT2D eigenvalue weighted by molar-refractivity contribution is 5.92. The normalized spacial score (nSPS) is 18.5. The summed E-state index contributed by atoms with van der Waals surface area (Å²) >= 11 is 0. The molecule has 6 nitrogen and oxygen atoms in total. The molecular weight excluding hydrogens is 318 g/mol. The second-order valence-corrected chi connectivity index (χ2v) is 6.59. The van der Waals surface area contributed by atoms with Gasteiger partial charge in [0.05, 0.1) is 12.0 Å². The summed E-state index contributed by atoms with van der Waals surface area (Å²) in [7, 11) is 0. The number of piperazine rings is 1. The number of nitrogens with zero attached hydrogens (tertiary/aromatic N) is 3. The number of hydrogen-bond donors (Lipinski definition) is 1. The standard InChI is InChI=1S/C19H25N3O3/c1-14-7-11-25-18(14)19(24)22-9-8-21(17(13-22)6-10-23)12-16-5-3-4-15(2)20-16/h3-5,7,11,17,23H,6,8-10,12-13H2,1-2H3/t17-/m1/s1. The van der Waals surface area contributed by atoms with Crippen molar-refractivity contribution < 1.29 is 14.3 Å². The molecule has 0 aromatic carbocycles. The smallest absolute Gasteiger partial charge is 0.289 e. The van der Waals surface area contributed by atoms with Crippen LogP contribution < -0.4 is 0 Å². The van der Waals surface area contributed by atoms with Gasteiger partial charge in [0.25, 0.3) is 5.91 Å². The zero-order valence-electron chi connectivity index (χ0n) is 14.8. The number of rotatable bonds is 5. The molecule has 1 saturated heterocycles. The first kappa shape index (κ1) is 17.6. The summed E-state index contributed by atoms with van der Waals surface area (Å²) in [6.45, 7) is 6.68. The molecule has 1 amide bonds. The molecule has 0 saturated carbocycles. The van der Waals surface area contributed by atoms with Gasteiger partial charge in [0.2, 0.25) is 0 Å². The van der Waals surface area contributed by atoms with Crippen LogP contribution in [0.3, 0.4) is 0 Å². The summed E-state index contributed by atoms with van der Waals surface area (Å²) in [6.07, 6.45) is 2.18. The Labute approximate surface area is 148 Å². The predicted molar refractivity (Wildman–Crippen MR) is 94.2 cm³/mol. The van der Waals surface area contributed by atoms with Crippen LogP contribution in [0.15, 0.2) is 34.9 Å². The van der Waals surface area contributed by atoms with Crippen LogP contribution in [0.2, 0.25) is 0 Å². The summed E-state index contributed by atoms with van der Waals surface area (Å²) in [5.41, 5.74) is 2.87. The molecule has 1 aliphatic heterocycles. The lowest BCUT2D eigenvalue weighted by Crippen LogP contribution is -2.54. The van der Waals surface area contributed by atoms with Crippen LogP contribution in [0.5, 0.6) is 0 Å². The third kappa shape index (κ3) is 4.08. The Morgan fingerprint density at radius 3 is 2.84 bits per heavy atom. The number of carbonyl (C=O) groups is 1. The van der Waals surface area contributed by atoms with Gasteiger partial charge in [-0.2, -0.15) is 0 Å². The maximum Gasteiger partial charge on any atom is 0.289 e. The third-order valence-corrected chi connectivity index (χ3v) is 4.72. The molecule has 1 N–H and O–H groups in total. The summed E-state index contributed by atoms with van der Waals surface area (Å²) < 4.78 is 5.35. The van der Waals surface area contributed by atoms with Crippen LogP contribution in [0.1, 0.15) is 33.9 Å². The van der Waals surface area contributed by atoms with E-state index in [1.165, 1.54) is 0 Å². The highest BCUT2D eigenvalue weighted by atomic mass is 16.3. The molecule has 6 heteroatoms. The van der Waals surface area contributed by atoms with Crippen LogP contribution in [-0.4, -0.2) is 58.1 Å². The van der Waals surface area contributed by atoms with Gasteiger partial charge in [-0.15, -0.1) is 0 Å². The lowest BCUT2D eigenvalue weighted by molar-refractivity contribution is 0.0368. The van der Waals surface area contributed by atoms with Crippen molar-refractivity contribution in [2.24, 2.45) is 0 Å². The van der Waals surface area contributed by atoms with Gasteiger partial charge < -0.3 is 14.4 Å². The third-order valence-electron chi connectivity index (χ3n) is 4.72. The lowest BCUT2D eigenvalue weighted by atomic mass is 10.1. The fourth-order valence-electron chi connectivity index (χ4n) is 3.34. The van der Waals surface area contributed by atoms with Crippen molar-refractivity contribution in [1.29, 1.82) is 0 Å². The summed E-state index contributed by atoms with van der Waals surface area (Å²) in [4.78, 5) is 21.4. The topological polar surface area (TPSA) is 69.8 Å². The van der Waals surface area contributed by atoms with Gasteiger partial charge in [0.15, 0.2) is 5.76 Å². The Bertz CT molecular complexity index is 728. The molecule has 0 bridgehead atoms. The van der Waals surface area contributed by atoms with Gasteiger partial charge >= 0.3 is 0 Å². The fraction of sp³-hybridized carbons (Fsp3) is 0.474. The van der Waals surface area contributed by atoms with E-state index in [0.29, 0.717) is 25.3 Å². The number of aliphatic hydroxyl groups is 1. The zero-order chi connectivity index (χ0) is 17.8. The predicted octanol–water partition coefficient (Wildman–Crippen LogP) is 2.00. The molecule has 3 heterocycles. The van der Waals surface area contributed by atoms with Crippen molar-refractivity contribution in [3.05, 3.63) is 53.2 Å². The van der Waals surface area contributed by atoms with Gasteiger partial charge in [-0.25, -0.2) is 0 Å². The average Bonchev–Trinajstić information content (AvgIpc) is 3.02. The number of furan rings is 1. The number of aromatic nitrogens is 1. The molecule has 2 aromatic heterocycles. The number of amides is 1. The van der Waals surface area contributed by atoms with Crippen molar-refractivity contribution >= 4 is 5.91 Å². The molecular formula is C19H25N3O3. The molecule has 2 aromatic rings. The highest BCUT2D eigenvalue weighted by Crippen LogP contribution is 2.19. The first-order chi connectivity index (χ1) is 12.1. The van der Waals surface area contributed by atoms with E-state index >= 15 is 0 Å². The SMILES string of the molecule is Cc1cccc(CN2CCN(C(=O)c3occc3C)C[C@H]2CCO)n1. The molecule has 25 heavy (non-hydrogen) atoms. The van der Waals surface area contributed by atoms with Crippen LogP contribution in [-0.2, 0) is 6.54 Å². The van der Waals surface area contributed by atoms with E-state index in [4.69, 9.17) is 4.42 Å². The van der Waals surface area contributed by atoms with E-state index in [1.54, 1.807) is 12.3 Å². The van der Waals surface area contributed by atoms with E-state index in [1.807, 2.05) is 36.9 Å². The number of aliphatic hydroxyl groups excluding tert-OH is 1. The minimum Gasteiger partial charge on any atom is -0.459 e. The van der Waals surface area contributed by atoms with Crippen molar-refractivity contribution in [2.45, 2.75) is 32.9 Å². The van der Waals surface area contributed by atoms with Crippen LogP contribution in [0.25, 0.3) is 0 Å². The molecule has 0 spiro atoms. The zero-order valence-corrected chi connectivity index (χ0v) is 14.8. The first-order valence-electron chi connectivity index (χ1n) is 8.69. The molecule has 134 valence electrons. The van der Waals surface area contributed by atoms with Crippen LogP contribution >= 0.6 is 0 Å². The summed E-state index contributed by atoms with van der Waals surface area (Å²) in [6, 6.07) is 7.93. The molecule has 0 unspecified atom stereocenters. The van der Waals surface area contributed by atoms with Gasteiger partial charge in [0, 0.05) is 50.1 Å². The quantitative estimate of drug-likeness (QED) is 0.899. The molecule has 0 aliphatic carbocycles. The van der Waals surface area contributed by atoms with Crippen molar-refractivity contribution in [2.75, 3.05) is 26.2 Å². The van der Waals surface area contributed by atoms with Gasteiger partial charge in [-0.05, 0) is 38.5 Å². The number of carbonyl (C=O) groups excluding carboxylic acids is 1. The summed E-state index contributed by atoms with van der Waals surface area (Å²) in [5.74, 6) is 0.343. The Kier molecular flexibility index (Phi) is 5.50. The second-order valence-electron chi connectivity index (χ2n) is 6.59. The highest BCUT2D eigenvalue weighted by Gasteiger charge is 2.31. The minimum atomic E-state index is -0.0706. The Morgan fingerprint density at radius 2 is 2.16 bits per heavy atom. The fourth-order valence-corrected chi connectivity index (χ4v) is 3.34. The Hall–Kier alpha value is -2.18. The molecule has 1 atom stereocenters. The van der Waals surface area contributed by atoms with E-state index in [2.05, 4.69) is 9.88 Å². The lowest BCUT2D eigenvalue weighted by Gasteiger charge is -2.41. The minimum absolute atomic E-state index is 0.0706. The van der Waals surface area contributed by atoms with Gasteiger partial charge in [-0.3, -0.25) is 14.7 Å². The van der Waals surface area contributed by atoms with E-state index in [-0.39, 0.29) is 18.6 Å². The molecule has 1 aliphatic rings. The van der Waals surface area contributed by atoms with Crippen molar-refractivity contribution in [3.8, 4) is 0 Å². The monoisotopic (exact) mass is 343 g/mol. The second kappa shape index (κ2) is 7.80. The average molecular weight is 343 g/mol. The van der Waals surface area contributed by atoms with Gasteiger partial charge in [0.1, 0.15) is 0 Å². The van der Waals surface area contributed by atoms with Gasteiger partial charge in [-0.1, -0.05) is 6.07 Å². The molecule has 1 fully saturated rings. The van der Waals surface area contributed by atoms with Crippen LogP contribution in [0, 0.1) is 13.8 Å². The van der Waals surface area contributed by atoms with E-state index < -0.39 is 0 Å². The summed E-state index contributed by atoms with van der Waals surface area (Å²) in [5, 5.41) is 9.44. The largest absolute Gasteiger partial charge is 0.459 e. The van der Waals surface area contributed by atoms with Crippen molar-refractivity contribution in [1.82, 2.24) is 14.8 Å². The van der Waals surface area contributed by atoms with E-state index in [9.17, 15) is 9.90 Å². The van der Waals surface area contributed by atoms with Crippen LogP contribution in [0.4, 0.5) is 0 Å². The van der Waals surface area contributed by atoms with Crippen molar-refractivity contribution in [3.63, 3.8) is 0 Å². The molecule has 3 rings (SSSR count). The number of aryl methyl sites for hydroxylation is 2. The maximum atomic E-state index is 12.7. The Balaban J connectivity index is 1.70. The maximum absolute atomic E-state index is 12.7. The first-order valence-corrected chi connectivity index (χ1v) is 8.69.